The van der Waals surface area contributed by atoms with Crippen molar-refractivity contribution in [2.75, 3.05) is 19.6 Å². The van der Waals surface area contributed by atoms with E-state index in [4.69, 9.17) is 0 Å². The SMILES string of the molecule is CCNC1CCN(C(=O)C2CCCCC2(C)C)CC1C. The molecular formula is C17H32N2O. The third-order valence-corrected chi connectivity index (χ3v) is 5.49. The molecule has 2 aliphatic rings. The van der Waals surface area contributed by atoms with Crippen molar-refractivity contribution in [2.45, 2.75) is 65.8 Å². The second kappa shape index (κ2) is 6.46. The molecule has 3 nitrogen and oxygen atoms in total. The predicted molar refractivity (Wildman–Crippen MR) is 83.6 cm³/mol. The lowest BCUT2D eigenvalue weighted by Crippen LogP contribution is -2.53. The Bertz CT molecular complexity index is 340. The highest BCUT2D eigenvalue weighted by atomic mass is 16.2. The van der Waals surface area contributed by atoms with Crippen molar-refractivity contribution >= 4 is 5.91 Å². The minimum Gasteiger partial charge on any atom is -0.342 e. The molecule has 1 aliphatic carbocycles. The van der Waals surface area contributed by atoms with Gasteiger partial charge < -0.3 is 10.2 Å². The number of hydrogen-bond acceptors (Lipinski definition) is 2. The second-order valence-corrected chi connectivity index (χ2v) is 7.50. The fourth-order valence-corrected chi connectivity index (χ4v) is 4.08. The first kappa shape index (κ1) is 15.8. The Morgan fingerprint density at radius 3 is 2.65 bits per heavy atom. The third kappa shape index (κ3) is 3.36. The Balaban J connectivity index is 1.96. The smallest absolute Gasteiger partial charge is 0.226 e. The van der Waals surface area contributed by atoms with Crippen molar-refractivity contribution in [3.8, 4) is 0 Å². The normalized spacial score (nSPS) is 34.0. The van der Waals surface area contributed by atoms with Crippen molar-refractivity contribution < 1.29 is 4.79 Å². The standard InChI is InChI=1S/C17H32N2O/c1-5-18-15-9-11-19(12-13(15)2)16(20)14-8-6-7-10-17(14,3)4/h13-15,18H,5-12H2,1-4H3. The lowest BCUT2D eigenvalue weighted by atomic mass is 9.68. The van der Waals surface area contributed by atoms with Gasteiger partial charge in [0.25, 0.3) is 0 Å². The van der Waals surface area contributed by atoms with E-state index in [0.29, 0.717) is 17.9 Å². The highest BCUT2D eigenvalue weighted by molar-refractivity contribution is 5.79. The summed E-state index contributed by atoms with van der Waals surface area (Å²) in [6.07, 6.45) is 5.91. The largest absolute Gasteiger partial charge is 0.342 e. The Kier molecular flexibility index (Phi) is 5.11. The predicted octanol–water partition coefficient (Wildman–Crippen LogP) is 3.05. The molecule has 1 saturated carbocycles. The van der Waals surface area contributed by atoms with Crippen molar-refractivity contribution in [3.05, 3.63) is 0 Å². The molecular weight excluding hydrogens is 248 g/mol. The van der Waals surface area contributed by atoms with Gasteiger partial charge in [-0.25, -0.2) is 0 Å². The molecule has 1 heterocycles. The quantitative estimate of drug-likeness (QED) is 0.862. The number of hydrogen-bond donors (Lipinski definition) is 1. The summed E-state index contributed by atoms with van der Waals surface area (Å²) in [6, 6.07) is 0.586. The van der Waals surface area contributed by atoms with Crippen LogP contribution in [-0.4, -0.2) is 36.5 Å². The van der Waals surface area contributed by atoms with E-state index in [-0.39, 0.29) is 11.3 Å². The summed E-state index contributed by atoms with van der Waals surface area (Å²) in [5.74, 6) is 1.25. The molecule has 20 heavy (non-hydrogen) atoms. The molecule has 0 spiro atoms. The lowest BCUT2D eigenvalue weighted by molar-refractivity contribution is -0.143. The molecule has 1 aliphatic heterocycles. The molecule has 2 fully saturated rings. The summed E-state index contributed by atoms with van der Waals surface area (Å²) in [5, 5.41) is 3.55. The van der Waals surface area contributed by atoms with Crippen LogP contribution in [0, 0.1) is 17.3 Å². The number of amides is 1. The average molecular weight is 280 g/mol. The summed E-state index contributed by atoms with van der Waals surface area (Å²) in [4.78, 5) is 15.0. The second-order valence-electron chi connectivity index (χ2n) is 7.50. The number of nitrogens with zero attached hydrogens (tertiary/aromatic N) is 1. The molecule has 116 valence electrons. The van der Waals surface area contributed by atoms with Gasteiger partial charge in [0.05, 0.1) is 0 Å². The zero-order valence-electron chi connectivity index (χ0n) is 13.7. The molecule has 1 amide bonds. The van der Waals surface area contributed by atoms with E-state index in [1.165, 1.54) is 19.3 Å². The molecule has 2 rings (SSSR count). The van der Waals surface area contributed by atoms with Crippen molar-refractivity contribution in [1.29, 1.82) is 0 Å². The van der Waals surface area contributed by atoms with Gasteiger partial charge in [0.2, 0.25) is 5.91 Å². The van der Waals surface area contributed by atoms with Crippen LogP contribution in [0.5, 0.6) is 0 Å². The Morgan fingerprint density at radius 1 is 1.30 bits per heavy atom. The highest BCUT2D eigenvalue weighted by Crippen LogP contribution is 2.41. The van der Waals surface area contributed by atoms with E-state index < -0.39 is 0 Å². The van der Waals surface area contributed by atoms with E-state index in [1.807, 2.05) is 0 Å². The molecule has 0 aromatic heterocycles. The summed E-state index contributed by atoms with van der Waals surface area (Å²) in [5.41, 5.74) is 0.192. The van der Waals surface area contributed by atoms with Crippen molar-refractivity contribution in [3.63, 3.8) is 0 Å². The lowest BCUT2D eigenvalue weighted by Gasteiger charge is -2.43. The van der Waals surface area contributed by atoms with Gasteiger partial charge in [0.15, 0.2) is 0 Å². The van der Waals surface area contributed by atoms with E-state index in [1.54, 1.807) is 0 Å². The van der Waals surface area contributed by atoms with Crippen LogP contribution in [0.3, 0.4) is 0 Å². The fraction of sp³-hybridized carbons (Fsp3) is 0.941. The fourth-order valence-electron chi connectivity index (χ4n) is 4.08. The van der Waals surface area contributed by atoms with E-state index in [0.717, 1.165) is 32.5 Å². The molecule has 0 aromatic rings. The average Bonchev–Trinajstić information content (AvgIpc) is 2.40. The zero-order valence-corrected chi connectivity index (χ0v) is 13.7. The Labute approximate surface area is 124 Å². The topological polar surface area (TPSA) is 32.3 Å². The maximum atomic E-state index is 12.9. The molecule has 0 bridgehead atoms. The summed E-state index contributed by atoms with van der Waals surface area (Å²) < 4.78 is 0. The number of piperidine rings is 1. The maximum absolute atomic E-state index is 12.9. The summed E-state index contributed by atoms with van der Waals surface area (Å²) in [6.45, 7) is 11.9. The molecule has 3 atom stereocenters. The first-order chi connectivity index (χ1) is 9.45. The third-order valence-electron chi connectivity index (χ3n) is 5.49. The van der Waals surface area contributed by atoms with Gasteiger partial charge in [-0.05, 0) is 37.1 Å². The molecule has 0 aromatic carbocycles. The van der Waals surface area contributed by atoms with E-state index in [2.05, 4.69) is 37.9 Å². The molecule has 3 heteroatoms. The summed E-state index contributed by atoms with van der Waals surface area (Å²) in [7, 11) is 0. The van der Waals surface area contributed by atoms with Crippen LogP contribution in [0.1, 0.15) is 59.8 Å². The first-order valence-electron chi connectivity index (χ1n) is 8.48. The van der Waals surface area contributed by atoms with E-state index >= 15 is 0 Å². The van der Waals surface area contributed by atoms with Crippen molar-refractivity contribution in [1.82, 2.24) is 10.2 Å². The van der Waals surface area contributed by atoms with Gasteiger partial charge in [0.1, 0.15) is 0 Å². The monoisotopic (exact) mass is 280 g/mol. The minimum atomic E-state index is 0.192. The van der Waals surface area contributed by atoms with Crippen LogP contribution in [0.4, 0.5) is 0 Å². The number of likely N-dealkylation sites (tertiary alicyclic amines) is 1. The Hall–Kier alpha value is -0.570. The maximum Gasteiger partial charge on any atom is 0.226 e. The van der Waals surface area contributed by atoms with Crippen LogP contribution < -0.4 is 5.32 Å². The van der Waals surface area contributed by atoms with E-state index in [9.17, 15) is 4.79 Å². The zero-order chi connectivity index (χ0) is 14.8. The Morgan fingerprint density at radius 2 is 2.05 bits per heavy atom. The number of carbonyl (C=O) groups is 1. The van der Waals surface area contributed by atoms with Gasteiger partial charge in [-0.1, -0.05) is 40.5 Å². The van der Waals surface area contributed by atoms with Gasteiger partial charge in [-0.2, -0.15) is 0 Å². The highest BCUT2D eigenvalue weighted by Gasteiger charge is 2.40. The molecule has 0 radical (unpaired) electrons. The number of rotatable bonds is 3. The summed E-state index contributed by atoms with van der Waals surface area (Å²) >= 11 is 0. The van der Waals surface area contributed by atoms with Crippen LogP contribution >= 0.6 is 0 Å². The van der Waals surface area contributed by atoms with Crippen LogP contribution in [-0.2, 0) is 4.79 Å². The number of carbonyl (C=O) groups excluding carboxylic acids is 1. The van der Waals surface area contributed by atoms with Crippen LogP contribution in [0.15, 0.2) is 0 Å². The minimum absolute atomic E-state index is 0.192. The van der Waals surface area contributed by atoms with Gasteiger partial charge >= 0.3 is 0 Å². The number of nitrogens with one attached hydrogen (secondary N) is 1. The van der Waals surface area contributed by atoms with Crippen LogP contribution in [0.2, 0.25) is 0 Å². The molecule has 3 unspecified atom stereocenters. The van der Waals surface area contributed by atoms with Gasteiger partial charge in [0, 0.05) is 25.0 Å². The van der Waals surface area contributed by atoms with Gasteiger partial charge in [-0.15, -0.1) is 0 Å². The first-order valence-corrected chi connectivity index (χ1v) is 8.48. The van der Waals surface area contributed by atoms with Crippen LogP contribution in [0.25, 0.3) is 0 Å². The van der Waals surface area contributed by atoms with Gasteiger partial charge in [-0.3, -0.25) is 4.79 Å². The van der Waals surface area contributed by atoms with Crippen molar-refractivity contribution in [2.24, 2.45) is 17.3 Å². The molecule has 1 saturated heterocycles. The molecule has 1 N–H and O–H groups in total.